The van der Waals surface area contributed by atoms with Gasteiger partial charge in [0.25, 0.3) is 0 Å². The largest absolute Gasteiger partial charge is 0.310 e. The Labute approximate surface area is 47.0 Å². The van der Waals surface area contributed by atoms with Gasteiger partial charge in [-0.05, 0) is 0 Å². The summed E-state index contributed by atoms with van der Waals surface area (Å²) in [6.07, 6.45) is 0.688. The van der Waals surface area contributed by atoms with Crippen molar-refractivity contribution in [1.82, 2.24) is 5.32 Å². The van der Waals surface area contributed by atoms with Gasteiger partial charge in [0.15, 0.2) is 0 Å². The van der Waals surface area contributed by atoms with Crippen LogP contribution in [0, 0.1) is 10.1 Å². The standard InChI is InChI=1S/C4H8N2O2/c7-6(8)4-1-2-5-3-4/h4-5H,1-3H2. The normalized spacial score (nSPS) is 28.2. The average Bonchev–Trinajstić information content (AvgIpc) is 2.12. The van der Waals surface area contributed by atoms with Gasteiger partial charge in [-0.3, -0.25) is 10.1 Å². The van der Waals surface area contributed by atoms with E-state index in [1.54, 1.807) is 0 Å². The van der Waals surface area contributed by atoms with Gasteiger partial charge >= 0.3 is 0 Å². The van der Waals surface area contributed by atoms with Crippen LogP contribution in [0.15, 0.2) is 0 Å². The lowest BCUT2D eigenvalue weighted by molar-refractivity contribution is -0.517. The van der Waals surface area contributed by atoms with Crippen molar-refractivity contribution < 1.29 is 4.92 Å². The van der Waals surface area contributed by atoms with E-state index in [0.29, 0.717) is 13.0 Å². The van der Waals surface area contributed by atoms with E-state index in [2.05, 4.69) is 5.32 Å². The highest BCUT2D eigenvalue weighted by molar-refractivity contribution is 4.69. The molecule has 0 aromatic carbocycles. The maximum atomic E-state index is 9.97. The van der Waals surface area contributed by atoms with Crippen LogP contribution in [0.3, 0.4) is 0 Å². The van der Waals surface area contributed by atoms with Crippen molar-refractivity contribution in [3.05, 3.63) is 10.1 Å². The fourth-order valence-electron chi connectivity index (χ4n) is 0.819. The number of nitrogens with zero attached hydrogens (tertiary/aromatic N) is 1. The SMILES string of the molecule is O=[N+]([O-])C1CCNC1. The second-order valence-electron chi connectivity index (χ2n) is 1.93. The topological polar surface area (TPSA) is 55.2 Å². The fourth-order valence-corrected chi connectivity index (χ4v) is 0.819. The predicted molar refractivity (Wildman–Crippen MR) is 28.3 cm³/mol. The van der Waals surface area contributed by atoms with Crippen LogP contribution in [0.4, 0.5) is 0 Å². The lowest BCUT2D eigenvalue weighted by Crippen LogP contribution is -2.21. The zero-order valence-electron chi connectivity index (χ0n) is 4.46. The molecule has 0 bridgehead atoms. The molecule has 0 aromatic rings. The van der Waals surface area contributed by atoms with Crippen molar-refractivity contribution >= 4 is 0 Å². The van der Waals surface area contributed by atoms with Crippen LogP contribution in [0.25, 0.3) is 0 Å². The van der Waals surface area contributed by atoms with Crippen LogP contribution in [-0.2, 0) is 0 Å². The smallest absolute Gasteiger partial charge is 0.226 e. The summed E-state index contributed by atoms with van der Waals surface area (Å²) in [4.78, 5) is 9.74. The van der Waals surface area contributed by atoms with Gasteiger partial charge in [0, 0.05) is 17.9 Å². The molecular formula is C4H8N2O2. The maximum Gasteiger partial charge on any atom is 0.226 e. The van der Waals surface area contributed by atoms with Crippen LogP contribution >= 0.6 is 0 Å². The Morgan fingerprint density at radius 3 is 2.75 bits per heavy atom. The summed E-state index contributed by atoms with van der Waals surface area (Å²) < 4.78 is 0. The molecule has 1 rings (SSSR count). The molecule has 4 heteroatoms. The third-order valence-corrected chi connectivity index (χ3v) is 1.33. The Kier molecular flexibility index (Phi) is 1.43. The van der Waals surface area contributed by atoms with Crippen molar-refractivity contribution in [3.8, 4) is 0 Å². The Morgan fingerprint density at radius 2 is 2.50 bits per heavy atom. The molecule has 0 radical (unpaired) electrons. The number of hydrogen-bond donors (Lipinski definition) is 1. The zero-order valence-corrected chi connectivity index (χ0v) is 4.46. The lowest BCUT2D eigenvalue weighted by atomic mass is 10.3. The van der Waals surface area contributed by atoms with E-state index in [0.717, 1.165) is 6.54 Å². The van der Waals surface area contributed by atoms with Crippen molar-refractivity contribution in [3.63, 3.8) is 0 Å². The lowest BCUT2D eigenvalue weighted by Gasteiger charge is -1.94. The van der Waals surface area contributed by atoms with Gasteiger partial charge in [-0.1, -0.05) is 0 Å². The van der Waals surface area contributed by atoms with E-state index in [4.69, 9.17) is 0 Å². The van der Waals surface area contributed by atoms with Crippen molar-refractivity contribution in [1.29, 1.82) is 0 Å². The summed E-state index contributed by atoms with van der Waals surface area (Å²) in [5.74, 6) is 0. The van der Waals surface area contributed by atoms with Crippen LogP contribution in [-0.4, -0.2) is 24.1 Å². The molecule has 0 amide bonds. The van der Waals surface area contributed by atoms with Crippen molar-refractivity contribution in [2.45, 2.75) is 12.5 Å². The molecule has 0 aliphatic carbocycles. The number of nitro groups is 1. The molecule has 1 fully saturated rings. The zero-order chi connectivity index (χ0) is 5.98. The summed E-state index contributed by atoms with van der Waals surface area (Å²) in [5, 5.41) is 12.9. The molecule has 1 N–H and O–H groups in total. The molecular weight excluding hydrogens is 108 g/mol. The van der Waals surface area contributed by atoms with E-state index in [1.165, 1.54) is 0 Å². The second kappa shape index (κ2) is 2.09. The number of nitrogens with one attached hydrogen (secondary N) is 1. The minimum absolute atomic E-state index is 0.222. The minimum Gasteiger partial charge on any atom is -0.310 e. The number of rotatable bonds is 1. The van der Waals surface area contributed by atoms with Crippen molar-refractivity contribution in [2.75, 3.05) is 13.1 Å². The predicted octanol–water partition coefficient (Wildman–Crippen LogP) is -0.375. The van der Waals surface area contributed by atoms with E-state index >= 15 is 0 Å². The van der Waals surface area contributed by atoms with E-state index in [1.807, 2.05) is 0 Å². The van der Waals surface area contributed by atoms with E-state index < -0.39 is 0 Å². The molecule has 1 unspecified atom stereocenters. The quantitative estimate of drug-likeness (QED) is 0.375. The third-order valence-electron chi connectivity index (χ3n) is 1.33. The first-order valence-electron chi connectivity index (χ1n) is 2.65. The first-order chi connectivity index (χ1) is 3.80. The molecule has 1 aliphatic heterocycles. The van der Waals surface area contributed by atoms with E-state index in [9.17, 15) is 10.1 Å². The molecule has 0 aromatic heterocycles. The summed E-state index contributed by atoms with van der Waals surface area (Å²) in [5.41, 5.74) is 0. The maximum absolute atomic E-state index is 9.97. The summed E-state index contributed by atoms with van der Waals surface area (Å²) >= 11 is 0. The third kappa shape index (κ3) is 0.949. The monoisotopic (exact) mass is 116 g/mol. The Hall–Kier alpha value is -0.640. The molecule has 1 heterocycles. The highest BCUT2D eigenvalue weighted by atomic mass is 16.6. The molecule has 0 saturated carbocycles. The average molecular weight is 116 g/mol. The van der Waals surface area contributed by atoms with Gasteiger partial charge in [0.1, 0.15) is 0 Å². The van der Waals surface area contributed by atoms with Gasteiger partial charge < -0.3 is 5.32 Å². The van der Waals surface area contributed by atoms with Crippen LogP contribution in [0.5, 0.6) is 0 Å². The van der Waals surface area contributed by atoms with Gasteiger partial charge in [0.05, 0.1) is 6.54 Å². The van der Waals surface area contributed by atoms with Crippen LogP contribution < -0.4 is 5.32 Å². The summed E-state index contributed by atoms with van der Waals surface area (Å²) in [7, 11) is 0. The van der Waals surface area contributed by atoms with Gasteiger partial charge in [-0.25, -0.2) is 0 Å². The molecule has 1 atom stereocenters. The van der Waals surface area contributed by atoms with E-state index in [-0.39, 0.29) is 11.0 Å². The molecule has 1 saturated heterocycles. The number of hydrogen-bond acceptors (Lipinski definition) is 3. The highest BCUT2D eigenvalue weighted by Crippen LogP contribution is 1.99. The molecule has 8 heavy (non-hydrogen) atoms. The van der Waals surface area contributed by atoms with Gasteiger partial charge in [0.2, 0.25) is 6.04 Å². The van der Waals surface area contributed by atoms with Crippen LogP contribution in [0.1, 0.15) is 6.42 Å². The molecule has 0 spiro atoms. The second-order valence-corrected chi connectivity index (χ2v) is 1.93. The van der Waals surface area contributed by atoms with Gasteiger partial charge in [-0.2, -0.15) is 0 Å². The summed E-state index contributed by atoms with van der Waals surface area (Å²) in [6, 6.07) is -0.324. The first-order valence-corrected chi connectivity index (χ1v) is 2.65. The highest BCUT2D eigenvalue weighted by Gasteiger charge is 2.23. The first kappa shape index (κ1) is 5.50. The fraction of sp³-hybridized carbons (Fsp3) is 1.00. The van der Waals surface area contributed by atoms with Crippen LogP contribution in [0.2, 0.25) is 0 Å². The summed E-state index contributed by atoms with van der Waals surface area (Å²) in [6.45, 7) is 1.35. The Bertz CT molecular complexity index is 98.2. The Balaban J connectivity index is 2.35. The Morgan fingerprint density at radius 1 is 1.75 bits per heavy atom. The molecule has 4 nitrogen and oxygen atoms in total. The molecule has 1 aliphatic rings. The molecule has 46 valence electrons. The van der Waals surface area contributed by atoms with Crippen molar-refractivity contribution in [2.24, 2.45) is 0 Å². The minimum atomic E-state index is -0.324. The van der Waals surface area contributed by atoms with Gasteiger partial charge in [-0.15, -0.1) is 0 Å².